The first-order valence-electron chi connectivity index (χ1n) is 22.0. The van der Waals surface area contributed by atoms with Gasteiger partial charge in [0.25, 0.3) is 0 Å². The highest BCUT2D eigenvalue weighted by molar-refractivity contribution is 7.47. The number of hydrogen-bond donors (Lipinski definition) is 3. The van der Waals surface area contributed by atoms with Gasteiger partial charge in [0.1, 0.15) is 12.1 Å². The standard InChI is InChI=1S/C46H80NO9P/c1-3-5-7-9-11-13-15-17-18-19-20-21-22-23-24-25-27-29-31-33-35-37-39-53-40-43(41-54-57(51,52)55-42-44(47)46(49)50)56-45(48)38-36-34-32-30-28-26-16-14-12-10-8-6-4-2/h5,7,11,13,17-18,20-21,23-24,27,29,43-44H,3-4,6,8-10,12,14-16,19,22,25-26,28,30-42,47H2,1-2H3,(H,49,50)(H,51,52)/b7-5-,13-11-,18-17-,21-20-,24-23-,29-27-. The Bertz CT molecular complexity index is 1180. The van der Waals surface area contributed by atoms with Gasteiger partial charge in [-0.25, -0.2) is 4.57 Å². The average molecular weight is 822 g/mol. The van der Waals surface area contributed by atoms with Crippen molar-refractivity contribution in [2.75, 3.05) is 26.4 Å². The second-order valence-corrected chi connectivity index (χ2v) is 15.9. The maximum absolute atomic E-state index is 12.6. The Balaban J connectivity index is 4.30. The zero-order valence-corrected chi connectivity index (χ0v) is 36.6. The van der Waals surface area contributed by atoms with Crippen molar-refractivity contribution in [1.82, 2.24) is 0 Å². The molecule has 3 unspecified atom stereocenters. The Morgan fingerprint density at radius 1 is 0.579 bits per heavy atom. The van der Waals surface area contributed by atoms with Crippen LogP contribution in [0.2, 0.25) is 0 Å². The molecule has 57 heavy (non-hydrogen) atoms. The maximum atomic E-state index is 12.6. The van der Waals surface area contributed by atoms with E-state index in [2.05, 4.69) is 86.8 Å². The molecule has 0 aliphatic heterocycles. The molecule has 0 aliphatic rings. The summed E-state index contributed by atoms with van der Waals surface area (Å²) in [6.45, 7) is 3.67. The van der Waals surface area contributed by atoms with Crippen molar-refractivity contribution in [3.63, 3.8) is 0 Å². The summed E-state index contributed by atoms with van der Waals surface area (Å²) < 4.78 is 33.3. The second kappa shape index (κ2) is 41.6. The monoisotopic (exact) mass is 822 g/mol. The van der Waals surface area contributed by atoms with Gasteiger partial charge in [0.15, 0.2) is 0 Å². The summed E-state index contributed by atoms with van der Waals surface area (Å²) >= 11 is 0. The minimum atomic E-state index is -4.63. The number of rotatable bonds is 41. The van der Waals surface area contributed by atoms with Crippen LogP contribution in [-0.2, 0) is 32.7 Å². The molecule has 0 aromatic rings. The van der Waals surface area contributed by atoms with Gasteiger partial charge in [-0.15, -0.1) is 0 Å². The number of allylic oxidation sites excluding steroid dienone is 12. The largest absolute Gasteiger partial charge is 0.480 e. The summed E-state index contributed by atoms with van der Waals surface area (Å²) in [6.07, 6.45) is 51.0. The van der Waals surface area contributed by atoms with Crippen molar-refractivity contribution >= 4 is 19.8 Å². The second-order valence-electron chi connectivity index (χ2n) is 14.4. The molecule has 4 N–H and O–H groups in total. The van der Waals surface area contributed by atoms with Crippen LogP contribution >= 0.6 is 7.82 Å². The molecular formula is C46H80NO9P. The first-order chi connectivity index (χ1) is 27.7. The van der Waals surface area contributed by atoms with E-state index in [1.54, 1.807) is 0 Å². The third kappa shape index (κ3) is 41.4. The molecule has 0 radical (unpaired) electrons. The fraction of sp³-hybridized carbons (Fsp3) is 0.696. The molecule has 328 valence electrons. The van der Waals surface area contributed by atoms with E-state index < -0.39 is 45.1 Å². The number of hydrogen-bond acceptors (Lipinski definition) is 8. The first kappa shape index (κ1) is 54.4. The van der Waals surface area contributed by atoms with Crippen LogP contribution in [0.5, 0.6) is 0 Å². The summed E-state index contributed by atoms with van der Waals surface area (Å²) in [7, 11) is -4.63. The van der Waals surface area contributed by atoms with Gasteiger partial charge in [-0.2, -0.15) is 0 Å². The number of carboxylic acids is 1. The highest BCUT2D eigenvalue weighted by Crippen LogP contribution is 2.43. The number of carbonyl (C=O) groups is 2. The molecule has 0 saturated carbocycles. The molecule has 0 aromatic carbocycles. The number of carbonyl (C=O) groups excluding carboxylic acids is 1. The average Bonchev–Trinajstić information content (AvgIpc) is 3.19. The van der Waals surface area contributed by atoms with Crippen LogP contribution in [0, 0.1) is 0 Å². The van der Waals surface area contributed by atoms with Crippen molar-refractivity contribution in [3.8, 4) is 0 Å². The number of aliphatic carboxylic acids is 1. The third-order valence-electron chi connectivity index (χ3n) is 9.00. The number of nitrogens with two attached hydrogens (primary N) is 1. The molecule has 0 saturated heterocycles. The smallest absolute Gasteiger partial charge is 0.472 e. The van der Waals surface area contributed by atoms with Gasteiger partial charge in [-0.3, -0.25) is 18.6 Å². The minimum Gasteiger partial charge on any atom is -0.480 e. The summed E-state index contributed by atoms with van der Waals surface area (Å²) in [4.78, 5) is 33.5. The van der Waals surface area contributed by atoms with Gasteiger partial charge < -0.3 is 25.2 Å². The van der Waals surface area contributed by atoms with E-state index in [-0.39, 0.29) is 13.0 Å². The highest BCUT2D eigenvalue weighted by Gasteiger charge is 2.27. The number of ether oxygens (including phenoxy) is 2. The molecule has 0 spiro atoms. The molecule has 11 heteroatoms. The van der Waals surface area contributed by atoms with Crippen LogP contribution < -0.4 is 5.73 Å². The molecule has 0 heterocycles. The van der Waals surface area contributed by atoms with E-state index >= 15 is 0 Å². The van der Waals surface area contributed by atoms with E-state index in [0.29, 0.717) is 13.0 Å². The predicted molar refractivity (Wildman–Crippen MR) is 235 cm³/mol. The highest BCUT2D eigenvalue weighted by atomic mass is 31.2. The van der Waals surface area contributed by atoms with Crippen LogP contribution in [0.4, 0.5) is 0 Å². The summed E-state index contributed by atoms with van der Waals surface area (Å²) in [5.74, 6) is -1.80. The lowest BCUT2D eigenvalue weighted by atomic mass is 10.0. The van der Waals surface area contributed by atoms with E-state index in [1.807, 2.05) is 0 Å². The minimum absolute atomic E-state index is 0.00780. The van der Waals surface area contributed by atoms with Gasteiger partial charge in [0.2, 0.25) is 0 Å². The third-order valence-corrected chi connectivity index (χ3v) is 9.95. The number of esters is 1. The van der Waals surface area contributed by atoms with E-state index in [0.717, 1.165) is 83.5 Å². The topological polar surface area (TPSA) is 155 Å². The van der Waals surface area contributed by atoms with Crippen LogP contribution in [0.1, 0.15) is 168 Å². The molecule has 0 fully saturated rings. The molecule has 0 aromatic heterocycles. The van der Waals surface area contributed by atoms with Gasteiger partial charge in [-0.05, 0) is 64.2 Å². The van der Waals surface area contributed by atoms with Crippen molar-refractivity contribution in [1.29, 1.82) is 0 Å². The SMILES string of the molecule is CC/C=C\C/C=C\C/C=C\C/C=C\C/C=C\C/C=C\CCCCCOCC(COP(=O)(O)OCC(N)C(=O)O)OC(=O)CCCCCCCCCCCCCCC. The zero-order valence-electron chi connectivity index (χ0n) is 35.7. The Kier molecular flexibility index (Phi) is 39.7. The molecule has 3 atom stereocenters. The van der Waals surface area contributed by atoms with Gasteiger partial charge >= 0.3 is 19.8 Å². The van der Waals surface area contributed by atoms with Crippen LogP contribution in [0.25, 0.3) is 0 Å². The van der Waals surface area contributed by atoms with E-state index in [4.69, 9.17) is 29.4 Å². The normalized spacial score (nSPS) is 14.6. The Labute approximate surface area is 346 Å². The molecule has 0 bridgehead atoms. The summed E-state index contributed by atoms with van der Waals surface area (Å²) in [5.41, 5.74) is 5.35. The number of phosphoric acid groups is 1. The fourth-order valence-corrected chi connectivity index (χ4v) is 6.38. The molecular weight excluding hydrogens is 741 g/mol. The first-order valence-corrected chi connectivity index (χ1v) is 23.5. The van der Waals surface area contributed by atoms with Crippen molar-refractivity contribution in [2.45, 2.75) is 180 Å². The van der Waals surface area contributed by atoms with Gasteiger partial charge in [0.05, 0.1) is 19.8 Å². The lowest BCUT2D eigenvalue weighted by Crippen LogP contribution is -2.34. The Morgan fingerprint density at radius 2 is 1.02 bits per heavy atom. The summed E-state index contributed by atoms with van der Waals surface area (Å²) in [6, 6.07) is -1.48. The van der Waals surface area contributed by atoms with Crippen molar-refractivity contribution < 1.29 is 42.7 Å². The molecule has 0 amide bonds. The van der Waals surface area contributed by atoms with Crippen molar-refractivity contribution in [3.05, 3.63) is 72.9 Å². The Hall–Kier alpha value is -2.59. The van der Waals surface area contributed by atoms with Gasteiger partial charge in [0, 0.05) is 13.0 Å². The van der Waals surface area contributed by atoms with Crippen LogP contribution in [0.15, 0.2) is 72.9 Å². The Morgan fingerprint density at radius 3 is 1.51 bits per heavy atom. The maximum Gasteiger partial charge on any atom is 0.472 e. The van der Waals surface area contributed by atoms with Crippen LogP contribution in [0.3, 0.4) is 0 Å². The zero-order chi connectivity index (χ0) is 41.9. The lowest BCUT2D eigenvalue weighted by Gasteiger charge is -2.20. The summed E-state index contributed by atoms with van der Waals surface area (Å²) in [5, 5.41) is 8.89. The molecule has 0 rings (SSSR count). The predicted octanol–water partition coefficient (Wildman–Crippen LogP) is 12.2. The quantitative estimate of drug-likeness (QED) is 0.0235. The number of phosphoric ester groups is 1. The lowest BCUT2D eigenvalue weighted by molar-refractivity contribution is -0.154. The van der Waals surface area contributed by atoms with E-state index in [9.17, 15) is 19.0 Å². The molecule has 10 nitrogen and oxygen atoms in total. The van der Waals surface area contributed by atoms with Crippen molar-refractivity contribution in [2.24, 2.45) is 5.73 Å². The van der Waals surface area contributed by atoms with Gasteiger partial charge in [-0.1, -0.05) is 170 Å². The fourth-order valence-electron chi connectivity index (χ4n) is 5.61. The number of carboxylic acid groups (broad SMARTS) is 1. The molecule has 0 aliphatic carbocycles. The van der Waals surface area contributed by atoms with E-state index in [1.165, 1.54) is 57.8 Å². The van der Waals surface area contributed by atoms with Crippen LogP contribution in [-0.4, -0.2) is 60.5 Å². The number of unbranched alkanes of at least 4 members (excludes halogenated alkanes) is 15.